The SMILES string of the molecule is CC(C)OC(=O)Cn1ccnc1CO. The van der Waals surface area contributed by atoms with Gasteiger partial charge in [0.05, 0.1) is 6.10 Å². The van der Waals surface area contributed by atoms with Crippen molar-refractivity contribution >= 4 is 5.97 Å². The van der Waals surface area contributed by atoms with Crippen LogP contribution in [0.5, 0.6) is 0 Å². The van der Waals surface area contributed by atoms with Crippen LogP contribution in [0.2, 0.25) is 0 Å². The Morgan fingerprint density at radius 3 is 3.00 bits per heavy atom. The molecule has 78 valence electrons. The Hall–Kier alpha value is -1.36. The van der Waals surface area contributed by atoms with Gasteiger partial charge in [-0.3, -0.25) is 4.79 Å². The van der Waals surface area contributed by atoms with Crippen molar-refractivity contribution in [1.82, 2.24) is 9.55 Å². The molecule has 5 nitrogen and oxygen atoms in total. The number of hydrogen-bond acceptors (Lipinski definition) is 4. The molecule has 1 aromatic rings. The van der Waals surface area contributed by atoms with Crippen molar-refractivity contribution in [1.29, 1.82) is 0 Å². The van der Waals surface area contributed by atoms with Crippen molar-refractivity contribution in [3.8, 4) is 0 Å². The van der Waals surface area contributed by atoms with E-state index in [-0.39, 0.29) is 25.2 Å². The van der Waals surface area contributed by atoms with Gasteiger partial charge >= 0.3 is 5.97 Å². The zero-order valence-electron chi connectivity index (χ0n) is 8.30. The number of nitrogens with zero attached hydrogens (tertiary/aromatic N) is 2. The first-order valence-corrected chi connectivity index (χ1v) is 4.44. The van der Waals surface area contributed by atoms with Crippen LogP contribution in [0, 0.1) is 0 Å². The third kappa shape index (κ3) is 2.85. The number of carbonyl (C=O) groups is 1. The lowest BCUT2D eigenvalue weighted by atomic mass is 10.5. The molecule has 0 unspecified atom stereocenters. The topological polar surface area (TPSA) is 64.4 Å². The van der Waals surface area contributed by atoms with Crippen molar-refractivity contribution in [3.63, 3.8) is 0 Å². The molecule has 0 amide bonds. The summed E-state index contributed by atoms with van der Waals surface area (Å²) in [6, 6.07) is 0. The standard InChI is InChI=1S/C9H14N2O3/c1-7(2)14-9(13)5-11-4-3-10-8(11)6-12/h3-4,7,12H,5-6H2,1-2H3. The fourth-order valence-electron chi connectivity index (χ4n) is 1.07. The number of rotatable bonds is 4. The molecule has 0 radical (unpaired) electrons. The maximum atomic E-state index is 11.2. The minimum absolute atomic E-state index is 0.0913. The maximum Gasteiger partial charge on any atom is 0.326 e. The molecule has 1 heterocycles. The van der Waals surface area contributed by atoms with Crippen LogP contribution in [0.1, 0.15) is 19.7 Å². The minimum Gasteiger partial charge on any atom is -0.462 e. The highest BCUT2D eigenvalue weighted by Crippen LogP contribution is 1.99. The number of aliphatic hydroxyl groups is 1. The predicted molar refractivity (Wildman–Crippen MR) is 49.4 cm³/mol. The molecular formula is C9H14N2O3. The second-order valence-corrected chi connectivity index (χ2v) is 3.17. The van der Waals surface area contributed by atoms with Gasteiger partial charge in [0.1, 0.15) is 19.0 Å². The molecular weight excluding hydrogens is 184 g/mol. The predicted octanol–water partition coefficient (Wildman–Crippen LogP) is 0.327. The number of hydrogen-bond donors (Lipinski definition) is 1. The highest BCUT2D eigenvalue weighted by atomic mass is 16.5. The first-order valence-electron chi connectivity index (χ1n) is 4.44. The number of aromatic nitrogens is 2. The number of esters is 1. The van der Waals surface area contributed by atoms with Gasteiger partial charge in [0.25, 0.3) is 0 Å². The van der Waals surface area contributed by atoms with Crippen LogP contribution in [0.15, 0.2) is 12.4 Å². The van der Waals surface area contributed by atoms with E-state index in [9.17, 15) is 4.79 Å². The van der Waals surface area contributed by atoms with Gasteiger partial charge in [-0.1, -0.05) is 0 Å². The zero-order valence-corrected chi connectivity index (χ0v) is 8.30. The molecule has 0 saturated heterocycles. The summed E-state index contributed by atoms with van der Waals surface area (Å²) in [4.78, 5) is 15.1. The van der Waals surface area contributed by atoms with Crippen LogP contribution in [-0.4, -0.2) is 26.7 Å². The van der Waals surface area contributed by atoms with E-state index in [1.165, 1.54) is 6.20 Å². The van der Waals surface area contributed by atoms with E-state index in [1.807, 2.05) is 0 Å². The fourth-order valence-corrected chi connectivity index (χ4v) is 1.07. The summed E-state index contributed by atoms with van der Waals surface area (Å²) in [5.41, 5.74) is 0. The summed E-state index contributed by atoms with van der Waals surface area (Å²) in [6.07, 6.45) is 3.05. The Kier molecular flexibility index (Phi) is 3.64. The first kappa shape index (κ1) is 10.7. The van der Waals surface area contributed by atoms with E-state index < -0.39 is 0 Å². The van der Waals surface area contributed by atoms with Crippen molar-refractivity contribution in [2.75, 3.05) is 0 Å². The van der Waals surface area contributed by atoms with Crippen LogP contribution in [0.25, 0.3) is 0 Å². The van der Waals surface area contributed by atoms with E-state index in [0.717, 1.165) is 0 Å². The van der Waals surface area contributed by atoms with Crippen LogP contribution in [0.4, 0.5) is 0 Å². The van der Waals surface area contributed by atoms with Gasteiger partial charge in [-0.2, -0.15) is 0 Å². The van der Waals surface area contributed by atoms with Crippen LogP contribution < -0.4 is 0 Å². The summed E-state index contributed by atoms with van der Waals surface area (Å²) in [5.74, 6) is 0.137. The summed E-state index contributed by atoms with van der Waals surface area (Å²) >= 11 is 0. The second kappa shape index (κ2) is 4.76. The van der Waals surface area contributed by atoms with Gasteiger partial charge in [-0.05, 0) is 13.8 Å². The lowest BCUT2D eigenvalue weighted by Crippen LogP contribution is -2.18. The first-order chi connectivity index (χ1) is 6.63. The largest absolute Gasteiger partial charge is 0.462 e. The van der Waals surface area contributed by atoms with Gasteiger partial charge in [0.2, 0.25) is 0 Å². The fraction of sp³-hybridized carbons (Fsp3) is 0.556. The molecule has 0 saturated carbocycles. The molecule has 0 spiro atoms. The molecule has 1 rings (SSSR count). The van der Waals surface area contributed by atoms with E-state index >= 15 is 0 Å². The van der Waals surface area contributed by atoms with Gasteiger partial charge in [0, 0.05) is 12.4 Å². The molecule has 0 aliphatic carbocycles. The van der Waals surface area contributed by atoms with E-state index in [0.29, 0.717) is 5.82 Å². The van der Waals surface area contributed by atoms with Crippen molar-refractivity contribution in [2.24, 2.45) is 0 Å². The van der Waals surface area contributed by atoms with Crippen LogP contribution >= 0.6 is 0 Å². The average molecular weight is 198 g/mol. The number of carbonyl (C=O) groups excluding carboxylic acids is 1. The molecule has 1 N–H and O–H groups in total. The minimum atomic E-state index is -0.326. The summed E-state index contributed by atoms with van der Waals surface area (Å²) < 4.78 is 6.51. The lowest BCUT2D eigenvalue weighted by molar-refractivity contribution is -0.148. The molecule has 1 aromatic heterocycles. The number of aliphatic hydroxyl groups excluding tert-OH is 1. The van der Waals surface area contributed by atoms with Crippen LogP contribution in [0.3, 0.4) is 0 Å². The highest BCUT2D eigenvalue weighted by Gasteiger charge is 2.09. The smallest absolute Gasteiger partial charge is 0.326 e. The molecule has 5 heteroatoms. The monoisotopic (exact) mass is 198 g/mol. The summed E-state index contributed by atoms with van der Waals surface area (Å²) in [6.45, 7) is 3.49. The molecule has 14 heavy (non-hydrogen) atoms. The number of imidazole rings is 1. The van der Waals surface area contributed by atoms with Gasteiger partial charge in [0.15, 0.2) is 0 Å². The Bertz CT molecular complexity index is 307. The molecule has 0 aliphatic heterocycles. The number of ether oxygens (including phenoxy) is 1. The normalized spacial score (nSPS) is 10.6. The zero-order chi connectivity index (χ0) is 10.6. The van der Waals surface area contributed by atoms with Gasteiger partial charge < -0.3 is 14.4 Å². The Labute approximate surface area is 82.3 Å². The van der Waals surface area contributed by atoms with Gasteiger partial charge in [-0.25, -0.2) is 4.98 Å². The quantitative estimate of drug-likeness (QED) is 0.708. The van der Waals surface area contributed by atoms with Crippen molar-refractivity contribution < 1.29 is 14.6 Å². The van der Waals surface area contributed by atoms with E-state index in [4.69, 9.17) is 9.84 Å². The summed E-state index contributed by atoms with van der Waals surface area (Å²) in [7, 11) is 0. The third-order valence-corrected chi connectivity index (χ3v) is 1.61. The van der Waals surface area contributed by atoms with E-state index in [2.05, 4.69) is 4.98 Å². The maximum absolute atomic E-state index is 11.2. The molecule has 0 aliphatic rings. The van der Waals surface area contributed by atoms with E-state index in [1.54, 1.807) is 24.6 Å². The van der Waals surface area contributed by atoms with Gasteiger partial charge in [-0.15, -0.1) is 0 Å². The molecule has 0 bridgehead atoms. The Morgan fingerprint density at radius 2 is 2.43 bits per heavy atom. The highest BCUT2D eigenvalue weighted by molar-refractivity contribution is 5.69. The Morgan fingerprint density at radius 1 is 1.71 bits per heavy atom. The van der Waals surface area contributed by atoms with Crippen LogP contribution in [-0.2, 0) is 22.7 Å². The molecule has 0 aromatic carbocycles. The molecule has 0 atom stereocenters. The summed E-state index contributed by atoms with van der Waals surface area (Å²) in [5, 5.41) is 8.87. The van der Waals surface area contributed by atoms with Crippen molar-refractivity contribution in [2.45, 2.75) is 33.1 Å². The van der Waals surface area contributed by atoms with Crippen molar-refractivity contribution in [3.05, 3.63) is 18.2 Å². The molecule has 0 fully saturated rings. The lowest BCUT2D eigenvalue weighted by Gasteiger charge is -2.09. The average Bonchev–Trinajstić information content (AvgIpc) is 2.50. The third-order valence-electron chi connectivity index (χ3n) is 1.61. The Balaban J connectivity index is 2.55. The second-order valence-electron chi connectivity index (χ2n) is 3.17.